The molecule has 0 bridgehead atoms. The summed E-state index contributed by atoms with van der Waals surface area (Å²) in [7, 11) is 0. The molecule has 1 aromatic heterocycles. The number of hydrogen-bond donors (Lipinski definition) is 0. The number of nitrogens with zero attached hydrogens (tertiary/aromatic N) is 4. The number of imide groups is 1. The molecule has 2 aromatic rings. The molecule has 1 aliphatic rings. The van der Waals surface area contributed by atoms with Gasteiger partial charge >= 0.3 is 11.9 Å². The van der Waals surface area contributed by atoms with Crippen molar-refractivity contribution in [3.63, 3.8) is 0 Å². The number of rotatable bonds is 6. The van der Waals surface area contributed by atoms with Gasteiger partial charge in [-0.3, -0.25) is 19.1 Å². The number of unbranched alkanes of at least 4 members (excludes halogenated alkanes) is 1. The van der Waals surface area contributed by atoms with Crippen molar-refractivity contribution >= 4 is 11.8 Å². The van der Waals surface area contributed by atoms with E-state index in [9.17, 15) is 27.6 Å². The van der Waals surface area contributed by atoms with E-state index in [4.69, 9.17) is 0 Å². The Kier molecular flexibility index (Phi) is 4.90. The zero-order valence-electron chi connectivity index (χ0n) is 14.5. The Balaban J connectivity index is 1.58. The van der Waals surface area contributed by atoms with Crippen LogP contribution in [0.2, 0.25) is 0 Å². The van der Waals surface area contributed by atoms with Crippen LogP contribution in [-0.4, -0.2) is 43.8 Å². The molecule has 0 N–H and O–H groups in total. The van der Waals surface area contributed by atoms with Crippen molar-refractivity contribution in [1.82, 2.24) is 19.2 Å². The molecular formula is C17H17F3N4O3. The summed E-state index contributed by atoms with van der Waals surface area (Å²) in [6, 6.07) is 6.55. The molecule has 2 heterocycles. The fourth-order valence-electron chi connectivity index (χ4n) is 3.06. The third-order valence-corrected chi connectivity index (χ3v) is 4.33. The largest absolute Gasteiger partial charge is 0.408 e. The van der Waals surface area contributed by atoms with Gasteiger partial charge in [-0.15, -0.1) is 0 Å². The maximum absolute atomic E-state index is 12.4. The number of benzene rings is 1. The molecule has 0 aliphatic carbocycles. The molecule has 2 amide bonds. The third kappa shape index (κ3) is 3.79. The number of alkyl halides is 3. The number of hydrogen-bond acceptors (Lipinski definition) is 4. The van der Waals surface area contributed by atoms with Crippen LogP contribution >= 0.6 is 0 Å². The first kappa shape index (κ1) is 18.9. The van der Waals surface area contributed by atoms with Crippen LogP contribution in [-0.2, 0) is 13.1 Å². The van der Waals surface area contributed by atoms with Gasteiger partial charge in [0.25, 0.3) is 11.8 Å². The highest BCUT2D eigenvalue weighted by Crippen LogP contribution is 2.22. The average molecular weight is 382 g/mol. The second kappa shape index (κ2) is 7.01. The number of aryl methyl sites for hydroxylation is 1. The van der Waals surface area contributed by atoms with Crippen molar-refractivity contribution in [2.45, 2.75) is 39.0 Å². The number of fused-ring (bicyclic) bond motifs is 1. The molecule has 0 fully saturated rings. The summed E-state index contributed by atoms with van der Waals surface area (Å²) < 4.78 is 38.9. The van der Waals surface area contributed by atoms with Crippen LogP contribution in [0.15, 0.2) is 29.1 Å². The molecule has 0 unspecified atom stereocenters. The highest BCUT2D eigenvalue weighted by atomic mass is 19.4. The van der Waals surface area contributed by atoms with E-state index in [-0.39, 0.29) is 30.7 Å². The molecule has 0 saturated heterocycles. The van der Waals surface area contributed by atoms with Crippen LogP contribution in [0.5, 0.6) is 0 Å². The zero-order valence-corrected chi connectivity index (χ0v) is 14.5. The Morgan fingerprint density at radius 1 is 0.963 bits per heavy atom. The van der Waals surface area contributed by atoms with E-state index < -0.39 is 18.4 Å². The van der Waals surface area contributed by atoms with Gasteiger partial charge < -0.3 is 0 Å². The van der Waals surface area contributed by atoms with Crippen molar-refractivity contribution in [2.75, 3.05) is 6.54 Å². The fraction of sp³-hybridized carbons (Fsp3) is 0.412. The molecule has 1 aliphatic heterocycles. The molecule has 144 valence electrons. The summed E-state index contributed by atoms with van der Waals surface area (Å²) in [6.07, 6.45) is -3.70. The number of halogens is 3. The Bertz CT molecular complexity index is 911. The maximum atomic E-state index is 12.4. The summed E-state index contributed by atoms with van der Waals surface area (Å²) in [5, 5.41) is 3.63. The standard InChI is InChI=1S/C17H17F3N4O3/c1-11-21-24(10-17(18,19)20)16(27)22(11)8-4-5-9-23-14(25)12-6-2-3-7-13(12)15(23)26/h2-3,6-7H,4-5,8-10H2,1H3. The molecular weight excluding hydrogens is 365 g/mol. The SMILES string of the molecule is Cc1nn(CC(F)(F)F)c(=O)n1CCCCN1C(=O)c2ccccc2C1=O. The Hall–Kier alpha value is -2.91. The van der Waals surface area contributed by atoms with Gasteiger partial charge in [-0.1, -0.05) is 12.1 Å². The fourth-order valence-corrected chi connectivity index (χ4v) is 3.06. The van der Waals surface area contributed by atoms with Gasteiger partial charge in [0.1, 0.15) is 12.4 Å². The third-order valence-electron chi connectivity index (χ3n) is 4.33. The predicted octanol–water partition coefficient (Wildman–Crippen LogP) is 1.99. The van der Waals surface area contributed by atoms with E-state index in [1.165, 1.54) is 6.92 Å². The Labute approximate surface area is 152 Å². The van der Waals surface area contributed by atoms with Gasteiger partial charge in [0.2, 0.25) is 0 Å². The lowest BCUT2D eigenvalue weighted by Gasteiger charge is -2.13. The molecule has 0 saturated carbocycles. The summed E-state index contributed by atoms with van der Waals surface area (Å²) >= 11 is 0. The van der Waals surface area contributed by atoms with E-state index in [0.717, 1.165) is 9.47 Å². The molecule has 0 spiro atoms. The first-order valence-electron chi connectivity index (χ1n) is 8.35. The van der Waals surface area contributed by atoms with Crippen molar-refractivity contribution < 1.29 is 22.8 Å². The minimum atomic E-state index is -4.53. The molecule has 3 rings (SSSR count). The molecule has 0 radical (unpaired) electrons. The quantitative estimate of drug-likeness (QED) is 0.566. The second-order valence-corrected chi connectivity index (χ2v) is 6.27. The average Bonchev–Trinajstić information content (AvgIpc) is 2.99. The number of carbonyl (C=O) groups is 2. The monoisotopic (exact) mass is 382 g/mol. The molecule has 10 heteroatoms. The smallest absolute Gasteiger partial charge is 0.279 e. The summed E-state index contributed by atoms with van der Waals surface area (Å²) in [5.74, 6) is -0.533. The van der Waals surface area contributed by atoms with Crippen LogP contribution in [0, 0.1) is 6.92 Å². The number of aromatic nitrogens is 3. The number of amides is 2. The molecule has 7 nitrogen and oxygen atoms in total. The summed E-state index contributed by atoms with van der Waals surface area (Å²) in [4.78, 5) is 37.7. The second-order valence-electron chi connectivity index (χ2n) is 6.27. The van der Waals surface area contributed by atoms with Gasteiger partial charge in [-0.25, -0.2) is 9.48 Å². The zero-order chi connectivity index (χ0) is 19.8. The Morgan fingerprint density at radius 2 is 1.52 bits per heavy atom. The van der Waals surface area contributed by atoms with E-state index in [1.54, 1.807) is 24.3 Å². The summed E-state index contributed by atoms with van der Waals surface area (Å²) in [6.45, 7) is 0.357. The maximum Gasteiger partial charge on any atom is 0.408 e. The predicted molar refractivity (Wildman–Crippen MR) is 88.3 cm³/mol. The lowest BCUT2D eigenvalue weighted by molar-refractivity contribution is -0.143. The normalized spacial score (nSPS) is 14.1. The van der Waals surface area contributed by atoms with Crippen LogP contribution in [0.4, 0.5) is 13.2 Å². The van der Waals surface area contributed by atoms with Crippen LogP contribution in [0.3, 0.4) is 0 Å². The van der Waals surface area contributed by atoms with Crippen molar-refractivity contribution in [3.05, 3.63) is 51.7 Å². The molecule has 0 atom stereocenters. The first-order valence-corrected chi connectivity index (χ1v) is 8.35. The number of carbonyl (C=O) groups excluding carboxylic acids is 2. The van der Waals surface area contributed by atoms with Gasteiger partial charge in [0.15, 0.2) is 0 Å². The van der Waals surface area contributed by atoms with Crippen molar-refractivity contribution in [2.24, 2.45) is 0 Å². The van der Waals surface area contributed by atoms with Crippen molar-refractivity contribution in [3.8, 4) is 0 Å². The minimum Gasteiger partial charge on any atom is -0.279 e. The van der Waals surface area contributed by atoms with E-state index in [0.29, 0.717) is 28.7 Å². The van der Waals surface area contributed by atoms with Gasteiger partial charge in [-0.2, -0.15) is 18.3 Å². The molecule has 27 heavy (non-hydrogen) atoms. The van der Waals surface area contributed by atoms with Crippen LogP contribution in [0.25, 0.3) is 0 Å². The van der Waals surface area contributed by atoms with E-state index in [1.807, 2.05) is 0 Å². The van der Waals surface area contributed by atoms with E-state index >= 15 is 0 Å². The van der Waals surface area contributed by atoms with E-state index in [2.05, 4.69) is 5.10 Å². The topological polar surface area (TPSA) is 77.2 Å². The summed E-state index contributed by atoms with van der Waals surface area (Å²) in [5.41, 5.74) is -0.100. The van der Waals surface area contributed by atoms with Gasteiger partial charge in [0, 0.05) is 13.1 Å². The van der Waals surface area contributed by atoms with Gasteiger partial charge in [0.05, 0.1) is 11.1 Å². The molecule has 1 aromatic carbocycles. The minimum absolute atomic E-state index is 0.158. The van der Waals surface area contributed by atoms with Crippen LogP contribution in [0.1, 0.15) is 39.4 Å². The lowest BCUT2D eigenvalue weighted by Crippen LogP contribution is -2.32. The first-order chi connectivity index (χ1) is 12.7. The lowest BCUT2D eigenvalue weighted by atomic mass is 10.1. The highest BCUT2D eigenvalue weighted by Gasteiger charge is 2.34. The van der Waals surface area contributed by atoms with Crippen LogP contribution < -0.4 is 5.69 Å². The van der Waals surface area contributed by atoms with Crippen molar-refractivity contribution in [1.29, 1.82) is 0 Å². The van der Waals surface area contributed by atoms with Gasteiger partial charge in [-0.05, 0) is 31.9 Å². The Morgan fingerprint density at radius 3 is 2.07 bits per heavy atom. The highest BCUT2D eigenvalue weighted by molar-refractivity contribution is 6.21.